The lowest BCUT2D eigenvalue weighted by molar-refractivity contribution is -0.169. The van der Waals surface area contributed by atoms with Gasteiger partial charge in [0.15, 0.2) is 0 Å². The second-order valence-electron chi connectivity index (χ2n) is 3.60. The molecule has 0 heterocycles. The number of benzene rings is 1. The minimum Gasteiger partial charge on any atom is -0.324 e. The molecular formula is C11H10F5NO. The lowest BCUT2D eigenvalue weighted by Gasteiger charge is -2.23. The molecule has 18 heavy (non-hydrogen) atoms. The molecule has 0 atom stereocenters. The summed E-state index contributed by atoms with van der Waals surface area (Å²) in [5, 5.41) is 0. The molecule has 7 heteroatoms. The van der Waals surface area contributed by atoms with E-state index in [1.165, 1.54) is 12.1 Å². The highest BCUT2D eigenvalue weighted by atomic mass is 19.4. The van der Waals surface area contributed by atoms with E-state index in [1.54, 1.807) is 18.2 Å². The van der Waals surface area contributed by atoms with E-state index in [9.17, 15) is 26.7 Å². The van der Waals surface area contributed by atoms with Crippen molar-refractivity contribution in [3.8, 4) is 0 Å². The van der Waals surface area contributed by atoms with Gasteiger partial charge in [0.05, 0.1) is 0 Å². The molecule has 0 N–H and O–H groups in total. The SMILES string of the molecule is O=C(C(F)F)N(Cc1ccccc1)CC(F)(F)F. The summed E-state index contributed by atoms with van der Waals surface area (Å²) in [4.78, 5) is 11.1. The van der Waals surface area contributed by atoms with Gasteiger partial charge in [0, 0.05) is 6.54 Å². The summed E-state index contributed by atoms with van der Waals surface area (Å²) >= 11 is 0. The van der Waals surface area contributed by atoms with Crippen molar-refractivity contribution in [2.45, 2.75) is 19.1 Å². The molecule has 0 saturated heterocycles. The highest BCUT2D eigenvalue weighted by Gasteiger charge is 2.35. The molecule has 0 aromatic heterocycles. The van der Waals surface area contributed by atoms with Crippen LogP contribution < -0.4 is 0 Å². The molecule has 1 aromatic carbocycles. The van der Waals surface area contributed by atoms with Gasteiger partial charge in [0.1, 0.15) is 6.54 Å². The summed E-state index contributed by atoms with van der Waals surface area (Å²) < 4.78 is 61.0. The van der Waals surface area contributed by atoms with E-state index in [1.807, 2.05) is 0 Å². The van der Waals surface area contributed by atoms with Crippen molar-refractivity contribution in [1.82, 2.24) is 4.90 Å². The van der Waals surface area contributed by atoms with Crippen LogP contribution in [0.15, 0.2) is 30.3 Å². The van der Waals surface area contributed by atoms with Gasteiger partial charge >= 0.3 is 12.6 Å². The minimum absolute atomic E-state index is 0.0972. The molecule has 0 fully saturated rings. The number of carbonyl (C=O) groups is 1. The van der Waals surface area contributed by atoms with Gasteiger partial charge in [-0.3, -0.25) is 4.79 Å². The largest absolute Gasteiger partial charge is 0.406 e. The van der Waals surface area contributed by atoms with Crippen LogP contribution in [0.5, 0.6) is 0 Å². The van der Waals surface area contributed by atoms with Crippen LogP contribution in [0.25, 0.3) is 0 Å². The number of nitrogens with zero attached hydrogens (tertiary/aromatic N) is 1. The van der Waals surface area contributed by atoms with Gasteiger partial charge in [0.2, 0.25) is 0 Å². The molecule has 0 saturated carbocycles. The smallest absolute Gasteiger partial charge is 0.324 e. The van der Waals surface area contributed by atoms with Crippen molar-refractivity contribution in [2.75, 3.05) is 6.54 Å². The molecule has 2 nitrogen and oxygen atoms in total. The lowest BCUT2D eigenvalue weighted by atomic mass is 10.2. The number of rotatable bonds is 4. The van der Waals surface area contributed by atoms with Crippen molar-refractivity contribution in [2.24, 2.45) is 0 Å². The monoisotopic (exact) mass is 267 g/mol. The van der Waals surface area contributed by atoms with Crippen LogP contribution >= 0.6 is 0 Å². The quantitative estimate of drug-likeness (QED) is 0.768. The van der Waals surface area contributed by atoms with Crippen LogP contribution in [0, 0.1) is 0 Å². The molecule has 1 amide bonds. The second-order valence-corrected chi connectivity index (χ2v) is 3.60. The molecule has 0 aliphatic rings. The Labute approximate surface area is 100 Å². The maximum Gasteiger partial charge on any atom is 0.406 e. The van der Waals surface area contributed by atoms with Crippen LogP contribution in [-0.4, -0.2) is 30.0 Å². The summed E-state index contributed by atoms with van der Waals surface area (Å²) in [6.45, 7) is -2.19. The van der Waals surface area contributed by atoms with Crippen LogP contribution in [0.4, 0.5) is 22.0 Å². The van der Waals surface area contributed by atoms with E-state index in [2.05, 4.69) is 0 Å². The maximum absolute atomic E-state index is 12.2. The molecule has 0 unspecified atom stereocenters. The fourth-order valence-electron chi connectivity index (χ4n) is 1.37. The number of halogens is 5. The number of carbonyl (C=O) groups excluding carboxylic acids is 1. The molecule has 1 rings (SSSR count). The highest BCUT2D eigenvalue weighted by Crippen LogP contribution is 2.19. The zero-order valence-electron chi connectivity index (χ0n) is 9.12. The van der Waals surface area contributed by atoms with E-state index in [4.69, 9.17) is 0 Å². The first kappa shape index (κ1) is 14.4. The first-order valence-electron chi connectivity index (χ1n) is 4.97. The maximum atomic E-state index is 12.2. The van der Waals surface area contributed by atoms with Crippen LogP contribution in [0.1, 0.15) is 5.56 Å². The van der Waals surface area contributed by atoms with Crippen molar-refractivity contribution in [3.05, 3.63) is 35.9 Å². The van der Waals surface area contributed by atoms with Crippen molar-refractivity contribution in [3.63, 3.8) is 0 Å². The molecule has 0 spiro atoms. The van der Waals surface area contributed by atoms with Gasteiger partial charge in [0.25, 0.3) is 5.91 Å². The van der Waals surface area contributed by atoms with E-state index < -0.39 is 31.6 Å². The Morgan fingerprint density at radius 2 is 1.72 bits per heavy atom. The van der Waals surface area contributed by atoms with Gasteiger partial charge in [-0.25, -0.2) is 0 Å². The fraction of sp³-hybridized carbons (Fsp3) is 0.364. The summed E-state index contributed by atoms with van der Waals surface area (Å²) in [5.41, 5.74) is 0.357. The van der Waals surface area contributed by atoms with Gasteiger partial charge in [-0.05, 0) is 5.56 Å². The predicted octanol–water partition coefficient (Wildman–Crippen LogP) is 2.84. The molecule has 0 bridgehead atoms. The number of amides is 1. The number of alkyl halides is 5. The summed E-state index contributed by atoms with van der Waals surface area (Å²) in [6, 6.07) is 7.65. The Balaban J connectivity index is 2.81. The third-order valence-electron chi connectivity index (χ3n) is 2.08. The molecule has 0 radical (unpaired) electrons. The first-order valence-corrected chi connectivity index (χ1v) is 4.97. The van der Waals surface area contributed by atoms with Crippen LogP contribution in [0.2, 0.25) is 0 Å². The zero-order valence-corrected chi connectivity index (χ0v) is 9.12. The second kappa shape index (κ2) is 5.79. The molecule has 1 aromatic rings. The summed E-state index contributed by atoms with van der Waals surface area (Å²) in [7, 11) is 0. The molecule has 0 aliphatic carbocycles. The highest BCUT2D eigenvalue weighted by molar-refractivity contribution is 5.79. The third kappa shape index (κ3) is 4.68. The van der Waals surface area contributed by atoms with Crippen LogP contribution in [0.3, 0.4) is 0 Å². The average Bonchev–Trinajstić information content (AvgIpc) is 2.26. The van der Waals surface area contributed by atoms with Crippen molar-refractivity contribution >= 4 is 5.91 Å². The van der Waals surface area contributed by atoms with E-state index in [-0.39, 0.29) is 4.90 Å². The van der Waals surface area contributed by atoms with Gasteiger partial charge in [-0.2, -0.15) is 22.0 Å². The van der Waals surface area contributed by atoms with E-state index in [0.717, 1.165) is 0 Å². The van der Waals surface area contributed by atoms with Crippen molar-refractivity contribution < 1.29 is 26.7 Å². The average molecular weight is 267 g/mol. The zero-order chi connectivity index (χ0) is 13.8. The predicted molar refractivity (Wildman–Crippen MR) is 53.9 cm³/mol. The van der Waals surface area contributed by atoms with Crippen LogP contribution in [-0.2, 0) is 11.3 Å². The van der Waals surface area contributed by atoms with Gasteiger partial charge < -0.3 is 4.90 Å². The molecule has 100 valence electrons. The summed E-state index contributed by atoms with van der Waals surface area (Å²) in [5.74, 6) is -1.82. The Bertz CT molecular complexity index is 390. The topological polar surface area (TPSA) is 20.3 Å². The Kier molecular flexibility index (Phi) is 4.63. The Morgan fingerprint density at radius 3 is 2.17 bits per heavy atom. The number of hydrogen-bond acceptors (Lipinski definition) is 1. The third-order valence-corrected chi connectivity index (χ3v) is 2.08. The summed E-state index contributed by atoms with van der Waals surface area (Å²) in [6.07, 6.45) is -8.16. The Morgan fingerprint density at radius 1 is 1.17 bits per heavy atom. The Hall–Kier alpha value is -1.66. The fourth-order valence-corrected chi connectivity index (χ4v) is 1.37. The standard InChI is InChI=1S/C11H10F5NO/c12-9(13)10(18)17(7-11(14,15)16)6-8-4-2-1-3-5-8/h1-5,9H,6-7H2. The molecular weight excluding hydrogens is 257 g/mol. The lowest BCUT2D eigenvalue weighted by Crippen LogP contribution is -2.41. The normalized spacial score (nSPS) is 11.7. The number of hydrogen-bond donors (Lipinski definition) is 0. The first-order chi connectivity index (χ1) is 8.29. The van der Waals surface area contributed by atoms with Gasteiger partial charge in [-0.1, -0.05) is 30.3 Å². The van der Waals surface area contributed by atoms with Crippen molar-refractivity contribution in [1.29, 1.82) is 0 Å². The van der Waals surface area contributed by atoms with Gasteiger partial charge in [-0.15, -0.1) is 0 Å². The van der Waals surface area contributed by atoms with E-state index >= 15 is 0 Å². The minimum atomic E-state index is -4.71. The molecule has 0 aliphatic heterocycles. The van der Waals surface area contributed by atoms with E-state index in [0.29, 0.717) is 5.56 Å².